The van der Waals surface area contributed by atoms with E-state index in [1.807, 2.05) is 60.7 Å². The lowest BCUT2D eigenvalue weighted by Crippen LogP contribution is -2.23. The van der Waals surface area contributed by atoms with Gasteiger partial charge in [0.2, 0.25) is 0 Å². The van der Waals surface area contributed by atoms with Gasteiger partial charge in [-0.25, -0.2) is 18.6 Å². The molecule has 0 unspecified atom stereocenters. The first kappa shape index (κ1) is 14.3. The normalized spacial score (nSPS) is 25.4. The molecule has 2 atom stereocenters. The Bertz CT molecular complexity index is 688. The van der Waals surface area contributed by atoms with E-state index >= 15 is 0 Å². The minimum Gasteiger partial charge on any atom is -0.245 e. The van der Waals surface area contributed by atoms with Gasteiger partial charge in [-0.1, -0.05) is 70.8 Å². The molecular weight excluding hydrogens is 315 g/mol. The van der Waals surface area contributed by atoms with E-state index in [2.05, 4.69) is 10.2 Å². The van der Waals surface area contributed by atoms with Crippen molar-refractivity contribution in [1.82, 2.24) is 10.2 Å². The summed E-state index contributed by atoms with van der Waals surface area (Å²) in [4.78, 5) is 24.4. The molecule has 116 valence electrons. The van der Waals surface area contributed by atoms with Crippen LogP contribution >= 0.6 is 8.02 Å². The Labute approximate surface area is 133 Å². The first-order valence-corrected chi connectivity index (χ1v) is 8.81. The smallest absolute Gasteiger partial charge is 0.245 e. The third-order valence-corrected chi connectivity index (χ3v) is 5.84. The summed E-state index contributed by atoms with van der Waals surface area (Å²) in [5.74, 6) is -0.892. The molecule has 2 aliphatic heterocycles. The molecule has 0 aromatic heterocycles. The zero-order valence-electron chi connectivity index (χ0n) is 12.0. The number of benzene rings is 2. The van der Waals surface area contributed by atoms with Crippen molar-refractivity contribution in [2.45, 2.75) is 12.1 Å². The van der Waals surface area contributed by atoms with Gasteiger partial charge in [-0.15, -0.1) is 0 Å². The molecule has 6 nitrogen and oxygen atoms in total. The fourth-order valence-electron chi connectivity index (χ4n) is 2.68. The van der Waals surface area contributed by atoms with Crippen LogP contribution in [0.2, 0.25) is 0 Å². The Morgan fingerprint density at radius 2 is 1.09 bits per heavy atom. The minimum absolute atomic E-state index is 0.446. The SMILES string of the molecule is O=C1O[P+]2(N[C@@H]1c1ccccc1)N[C@H](c1ccccc1)C(=O)O2. The molecule has 7 heteroatoms. The van der Waals surface area contributed by atoms with Crippen LogP contribution in [0.1, 0.15) is 23.2 Å². The van der Waals surface area contributed by atoms with E-state index in [0.717, 1.165) is 11.1 Å². The van der Waals surface area contributed by atoms with Crippen LogP contribution in [0.15, 0.2) is 60.7 Å². The molecule has 0 saturated carbocycles. The Balaban J connectivity index is 1.59. The second kappa shape index (κ2) is 5.42. The van der Waals surface area contributed by atoms with Crippen LogP contribution in [-0.2, 0) is 18.6 Å². The van der Waals surface area contributed by atoms with Gasteiger partial charge in [0.15, 0.2) is 12.1 Å². The quantitative estimate of drug-likeness (QED) is 0.824. The summed E-state index contributed by atoms with van der Waals surface area (Å²) in [6, 6.07) is 17.1. The highest BCUT2D eigenvalue weighted by Crippen LogP contribution is 2.65. The summed E-state index contributed by atoms with van der Waals surface area (Å²) < 4.78 is 10.8. The monoisotopic (exact) mass is 329 g/mol. The summed E-state index contributed by atoms with van der Waals surface area (Å²) in [7, 11) is -2.95. The average molecular weight is 329 g/mol. The second-order valence-corrected chi connectivity index (χ2v) is 7.30. The van der Waals surface area contributed by atoms with E-state index in [4.69, 9.17) is 9.05 Å². The van der Waals surface area contributed by atoms with E-state index in [0.29, 0.717) is 0 Å². The number of nitrogens with one attached hydrogen (secondary N) is 2. The van der Waals surface area contributed by atoms with Crippen molar-refractivity contribution >= 4 is 20.0 Å². The largest absolute Gasteiger partial charge is 0.528 e. The van der Waals surface area contributed by atoms with Crippen LogP contribution < -0.4 is 10.2 Å². The molecule has 0 radical (unpaired) electrons. The molecule has 2 heterocycles. The molecule has 23 heavy (non-hydrogen) atoms. The summed E-state index contributed by atoms with van der Waals surface area (Å²) in [6.07, 6.45) is 0. The van der Waals surface area contributed by atoms with Crippen LogP contribution in [0.4, 0.5) is 0 Å². The fourth-order valence-corrected chi connectivity index (χ4v) is 4.91. The first-order valence-electron chi connectivity index (χ1n) is 7.18. The summed E-state index contributed by atoms with van der Waals surface area (Å²) >= 11 is 0. The van der Waals surface area contributed by atoms with Crippen molar-refractivity contribution in [3.8, 4) is 0 Å². The Hall–Kier alpha value is -2.27. The molecule has 1 spiro atoms. The lowest BCUT2D eigenvalue weighted by molar-refractivity contribution is -0.135. The Morgan fingerprint density at radius 3 is 1.48 bits per heavy atom. The molecular formula is C16H14N2O4P+. The van der Waals surface area contributed by atoms with Crippen molar-refractivity contribution in [2.24, 2.45) is 0 Å². The van der Waals surface area contributed by atoms with Gasteiger partial charge in [-0.3, -0.25) is 0 Å². The molecule has 0 aliphatic carbocycles. The van der Waals surface area contributed by atoms with Crippen LogP contribution in [0.5, 0.6) is 0 Å². The average Bonchev–Trinajstić information content (AvgIpc) is 3.07. The highest BCUT2D eigenvalue weighted by Gasteiger charge is 2.67. The number of carbonyl (C=O) groups is 2. The second-order valence-electron chi connectivity index (χ2n) is 5.32. The molecule has 2 fully saturated rings. The van der Waals surface area contributed by atoms with Crippen molar-refractivity contribution < 1.29 is 18.6 Å². The van der Waals surface area contributed by atoms with Gasteiger partial charge < -0.3 is 0 Å². The highest BCUT2D eigenvalue weighted by molar-refractivity contribution is 7.64. The molecule has 0 bridgehead atoms. The predicted octanol–water partition coefficient (Wildman–Crippen LogP) is 2.44. The third kappa shape index (κ3) is 2.51. The van der Waals surface area contributed by atoms with E-state index in [1.54, 1.807) is 0 Å². The third-order valence-electron chi connectivity index (χ3n) is 3.77. The van der Waals surface area contributed by atoms with E-state index < -0.39 is 32.0 Å². The van der Waals surface area contributed by atoms with E-state index in [1.165, 1.54) is 0 Å². The van der Waals surface area contributed by atoms with Crippen LogP contribution in [0.25, 0.3) is 0 Å². The molecule has 2 N–H and O–H groups in total. The summed E-state index contributed by atoms with van der Waals surface area (Å²) in [5, 5.41) is 6.10. The number of rotatable bonds is 2. The van der Waals surface area contributed by atoms with Crippen molar-refractivity contribution in [3.63, 3.8) is 0 Å². The van der Waals surface area contributed by atoms with Crippen molar-refractivity contribution in [3.05, 3.63) is 71.8 Å². The van der Waals surface area contributed by atoms with Gasteiger partial charge in [0, 0.05) is 0 Å². The van der Waals surface area contributed by atoms with Gasteiger partial charge in [-0.05, 0) is 11.1 Å². The van der Waals surface area contributed by atoms with Gasteiger partial charge in [-0.2, -0.15) is 0 Å². The molecule has 4 rings (SSSR count). The molecule has 0 amide bonds. The minimum atomic E-state index is -2.95. The summed E-state index contributed by atoms with van der Waals surface area (Å²) in [5.41, 5.74) is 1.55. The zero-order valence-corrected chi connectivity index (χ0v) is 12.9. The fraction of sp³-hybridized carbons (Fsp3) is 0.125. The Kier molecular flexibility index (Phi) is 3.38. The van der Waals surface area contributed by atoms with Gasteiger partial charge in [0.1, 0.15) is 0 Å². The van der Waals surface area contributed by atoms with Gasteiger partial charge in [0.25, 0.3) is 0 Å². The molecule has 2 aromatic carbocycles. The lowest BCUT2D eigenvalue weighted by atomic mass is 10.1. The standard InChI is InChI=1S/C16H14N2O4P/c19-15-13(11-7-3-1-4-8-11)17-23(21-15)18-14(16(20)22-23)12-9-5-2-6-10-12/h1-10,13-14,17-18H/q+1/t13-,14-,23?/m1/s1. The lowest BCUT2D eigenvalue weighted by Gasteiger charge is -2.09. The van der Waals surface area contributed by atoms with E-state index in [-0.39, 0.29) is 0 Å². The predicted molar refractivity (Wildman–Crippen MR) is 83.7 cm³/mol. The van der Waals surface area contributed by atoms with Crippen molar-refractivity contribution in [2.75, 3.05) is 0 Å². The topological polar surface area (TPSA) is 76.7 Å². The first-order chi connectivity index (χ1) is 11.2. The maximum absolute atomic E-state index is 12.2. The summed E-state index contributed by atoms with van der Waals surface area (Å²) in [6.45, 7) is 0. The number of hydrogen-bond donors (Lipinski definition) is 2. The maximum atomic E-state index is 12.2. The Morgan fingerprint density at radius 1 is 0.696 bits per heavy atom. The van der Waals surface area contributed by atoms with Crippen molar-refractivity contribution in [1.29, 1.82) is 0 Å². The number of carbonyl (C=O) groups excluding carboxylic acids is 2. The zero-order chi connectivity index (χ0) is 15.9. The number of hydrogen-bond acceptors (Lipinski definition) is 6. The van der Waals surface area contributed by atoms with Crippen LogP contribution in [-0.4, -0.2) is 11.9 Å². The van der Waals surface area contributed by atoms with Gasteiger partial charge in [0.05, 0.1) is 0 Å². The van der Waals surface area contributed by atoms with Crippen LogP contribution in [0.3, 0.4) is 0 Å². The molecule has 2 aliphatic rings. The van der Waals surface area contributed by atoms with E-state index in [9.17, 15) is 9.59 Å². The molecule has 2 aromatic rings. The maximum Gasteiger partial charge on any atom is 0.528 e. The highest BCUT2D eigenvalue weighted by atomic mass is 31.2. The molecule has 2 saturated heterocycles. The van der Waals surface area contributed by atoms with Crippen LogP contribution in [0, 0.1) is 0 Å². The van der Waals surface area contributed by atoms with Gasteiger partial charge >= 0.3 is 20.0 Å².